The fourth-order valence-corrected chi connectivity index (χ4v) is 9.60. The first-order valence-corrected chi connectivity index (χ1v) is 22.6. The molecule has 13 heteroatoms. The Hall–Kier alpha value is -2.71. The number of hydrogen-bond acceptors (Lipinski definition) is 10. The number of aromatic nitrogens is 3. The van der Waals surface area contributed by atoms with E-state index in [0.29, 0.717) is 17.8 Å². The van der Waals surface area contributed by atoms with Crippen LogP contribution in [0.4, 0.5) is 5.82 Å². The quantitative estimate of drug-likeness (QED) is 0.0615. The molecule has 304 valence electrons. The summed E-state index contributed by atoms with van der Waals surface area (Å²) in [5.41, 5.74) is 6.34. The normalized spacial score (nSPS) is 22.8. The number of anilines is 1. The zero-order valence-corrected chi connectivity index (χ0v) is 34.9. The number of para-hydroxylation sites is 1. The standard InChI is InChI=1S/C42H63ClN5O6P/c1-4-5-6-7-8-9-10-11-12-13-14-15-16-17-18-19-20-23-28-50-55(49,54-37-25-22-21-24-34(37)43)51-31-42(30-44)29-33(38-39(42)53-41(2,3)52-38)35-26-27-36-40(45)46-32-47-48(35)36/h21-22,24-27,32-33,38-39H,4-20,23,28-29,31H2,1-3H3,(H2,45,46,47)/t33-,38-,39-,42-,55?/m0/s1. The molecule has 2 N–H and O–H groups in total. The third kappa shape index (κ3) is 12.1. The molecule has 1 aliphatic heterocycles. The van der Waals surface area contributed by atoms with Gasteiger partial charge in [-0.3, -0.25) is 9.05 Å². The van der Waals surface area contributed by atoms with E-state index in [4.69, 9.17) is 40.4 Å². The summed E-state index contributed by atoms with van der Waals surface area (Å²) in [6.07, 6.45) is 23.4. The molecule has 1 saturated heterocycles. The second-order valence-corrected chi connectivity index (χ2v) is 17.9. The van der Waals surface area contributed by atoms with Crippen LogP contribution in [0.15, 0.2) is 42.7 Å². The first kappa shape index (κ1) is 43.4. The second-order valence-electron chi connectivity index (χ2n) is 15.9. The number of unbranched alkanes of at least 4 members (excludes halogenated alkanes) is 17. The Morgan fingerprint density at radius 3 is 2.09 bits per heavy atom. The summed E-state index contributed by atoms with van der Waals surface area (Å²) in [5.74, 6) is -0.745. The molecule has 2 aliphatic rings. The number of nitrogens with zero attached hydrogens (tertiary/aromatic N) is 4. The van der Waals surface area contributed by atoms with Crippen molar-refractivity contribution in [1.29, 1.82) is 5.26 Å². The van der Waals surface area contributed by atoms with Crippen LogP contribution in [0.2, 0.25) is 5.02 Å². The molecule has 1 aromatic carbocycles. The van der Waals surface area contributed by atoms with Gasteiger partial charge in [0.2, 0.25) is 0 Å². The number of phosphoric ester groups is 1. The minimum atomic E-state index is -4.24. The molecule has 0 bridgehead atoms. The van der Waals surface area contributed by atoms with Crippen LogP contribution in [0.5, 0.6) is 5.75 Å². The average Bonchev–Trinajstić information content (AvgIpc) is 3.83. The number of hydrogen-bond donors (Lipinski definition) is 1. The van der Waals surface area contributed by atoms with Crippen LogP contribution < -0.4 is 10.3 Å². The topological polar surface area (TPSA) is 143 Å². The zero-order chi connectivity index (χ0) is 39.2. The van der Waals surface area contributed by atoms with Gasteiger partial charge in [0, 0.05) is 11.6 Å². The van der Waals surface area contributed by atoms with Crippen LogP contribution >= 0.6 is 19.4 Å². The SMILES string of the molecule is CCCCCCCCCCCCCCCCCCCCOP(=O)(OC[C@@]1(C#N)C[C@@H](c2ccc3c(N)ncnn23)[C@@H]2OC(C)(C)O[C@@H]21)Oc1ccccc1Cl. The van der Waals surface area contributed by atoms with Crippen LogP contribution in [0.3, 0.4) is 0 Å². The number of nitrogen functional groups attached to an aromatic ring is 1. The van der Waals surface area contributed by atoms with E-state index in [1.54, 1.807) is 28.8 Å². The van der Waals surface area contributed by atoms with E-state index in [0.717, 1.165) is 18.5 Å². The number of nitrogens with two attached hydrogens (primary N) is 1. The van der Waals surface area contributed by atoms with Crippen LogP contribution in [-0.2, 0) is 23.1 Å². The Labute approximate surface area is 333 Å². The first-order valence-electron chi connectivity index (χ1n) is 20.8. The largest absolute Gasteiger partial charge is 0.530 e. The van der Waals surface area contributed by atoms with Gasteiger partial charge in [-0.15, -0.1) is 0 Å². The summed E-state index contributed by atoms with van der Waals surface area (Å²) in [6.45, 7) is 5.81. The highest BCUT2D eigenvalue weighted by atomic mass is 35.5. The van der Waals surface area contributed by atoms with E-state index >= 15 is 0 Å². The summed E-state index contributed by atoms with van der Waals surface area (Å²) in [5, 5.41) is 15.5. The van der Waals surface area contributed by atoms with Gasteiger partial charge < -0.3 is 19.7 Å². The number of rotatable bonds is 26. The van der Waals surface area contributed by atoms with Crippen molar-refractivity contribution < 1.29 is 27.6 Å². The van der Waals surface area contributed by atoms with Gasteiger partial charge in [-0.25, -0.2) is 14.1 Å². The average molecular weight is 800 g/mol. The molecule has 55 heavy (non-hydrogen) atoms. The number of benzene rings is 1. The number of ether oxygens (including phenoxy) is 2. The third-order valence-corrected chi connectivity index (χ3v) is 12.7. The predicted molar refractivity (Wildman–Crippen MR) is 217 cm³/mol. The fourth-order valence-electron chi connectivity index (χ4n) is 8.05. The van der Waals surface area contributed by atoms with Gasteiger partial charge in [-0.2, -0.15) is 10.4 Å². The molecule has 2 aromatic heterocycles. The van der Waals surface area contributed by atoms with Crippen molar-refractivity contribution >= 4 is 30.8 Å². The van der Waals surface area contributed by atoms with Gasteiger partial charge in [0.05, 0.1) is 30.4 Å². The Kier molecular flexibility index (Phi) is 16.7. The van der Waals surface area contributed by atoms with Crippen LogP contribution in [0, 0.1) is 16.7 Å². The van der Waals surface area contributed by atoms with Crippen molar-refractivity contribution in [3.63, 3.8) is 0 Å². The molecule has 1 unspecified atom stereocenters. The van der Waals surface area contributed by atoms with Gasteiger partial charge in [0.15, 0.2) is 11.6 Å². The minimum Gasteiger partial charge on any atom is -0.402 e. The molecule has 3 heterocycles. The third-order valence-electron chi connectivity index (χ3n) is 11.0. The van der Waals surface area contributed by atoms with Crippen LogP contribution in [0.25, 0.3) is 5.52 Å². The maximum absolute atomic E-state index is 14.3. The Morgan fingerprint density at radius 2 is 1.49 bits per heavy atom. The molecule has 2 fully saturated rings. The van der Waals surface area contributed by atoms with Gasteiger partial charge >= 0.3 is 7.82 Å². The monoisotopic (exact) mass is 799 g/mol. The molecular weight excluding hydrogens is 737 g/mol. The summed E-state index contributed by atoms with van der Waals surface area (Å²) in [6, 6.07) is 13.0. The summed E-state index contributed by atoms with van der Waals surface area (Å²) < 4.78 is 46.7. The Balaban J connectivity index is 1.09. The highest BCUT2D eigenvalue weighted by Gasteiger charge is 2.63. The molecule has 0 spiro atoms. The zero-order valence-electron chi connectivity index (χ0n) is 33.3. The van der Waals surface area contributed by atoms with E-state index < -0.39 is 31.2 Å². The van der Waals surface area contributed by atoms with Gasteiger partial charge in [0.25, 0.3) is 0 Å². The van der Waals surface area contributed by atoms with Crippen LogP contribution in [0.1, 0.15) is 154 Å². The van der Waals surface area contributed by atoms with Crippen molar-refractivity contribution in [2.24, 2.45) is 5.41 Å². The molecule has 1 saturated carbocycles. The van der Waals surface area contributed by atoms with Crippen LogP contribution in [-0.4, -0.2) is 45.8 Å². The maximum Gasteiger partial charge on any atom is 0.530 e. The number of fused-ring (bicyclic) bond motifs is 2. The molecule has 1 aliphatic carbocycles. The predicted octanol–water partition coefficient (Wildman–Crippen LogP) is 11.7. The number of phosphoric acid groups is 1. The summed E-state index contributed by atoms with van der Waals surface area (Å²) in [4.78, 5) is 4.10. The van der Waals surface area contributed by atoms with E-state index in [2.05, 4.69) is 23.1 Å². The van der Waals surface area contributed by atoms with Crippen molar-refractivity contribution in [3.8, 4) is 11.8 Å². The van der Waals surface area contributed by atoms with E-state index in [1.807, 2.05) is 26.0 Å². The number of halogens is 1. The van der Waals surface area contributed by atoms with Gasteiger partial charge in [-0.1, -0.05) is 140 Å². The van der Waals surface area contributed by atoms with Gasteiger partial charge in [-0.05, 0) is 51.0 Å². The smallest absolute Gasteiger partial charge is 0.402 e. The number of nitriles is 1. The Bertz CT molecular complexity index is 1720. The maximum atomic E-state index is 14.3. The Morgan fingerprint density at radius 1 is 0.891 bits per heavy atom. The summed E-state index contributed by atoms with van der Waals surface area (Å²) in [7, 11) is -4.24. The summed E-state index contributed by atoms with van der Waals surface area (Å²) >= 11 is 6.40. The lowest BCUT2D eigenvalue weighted by Crippen LogP contribution is -2.38. The lowest BCUT2D eigenvalue weighted by atomic mass is 9.85. The van der Waals surface area contributed by atoms with Crippen molar-refractivity contribution in [2.45, 2.75) is 167 Å². The molecule has 3 aromatic rings. The highest BCUT2D eigenvalue weighted by molar-refractivity contribution is 7.48. The van der Waals surface area contributed by atoms with Gasteiger partial charge in [0.1, 0.15) is 29.1 Å². The molecule has 5 atom stereocenters. The first-order chi connectivity index (χ1) is 26.6. The van der Waals surface area contributed by atoms with Crippen molar-refractivity contribution in [3.05, 3.63) is 53.4 Å². The van der Waals surface area contributed by atoms with E-state index in [9.17, 15) is 9.83 Å². The molecular formula is C42H63ClN5O6P. The van der Waals surface area contributed by atoms with E-state index in [-0.39, 0.29) is 36.3 Å². The minimum absolute atomic E-state index is 0.178. The molecule has 5 rings (SSSR count). The highest BCUT2D eigenvalue weighted by Crippen LogP contribution is 2.58. The van der Waals surface area contributed by atoms with Crippen molar-refractivity contribution in [2.75, 3.05) is 18.9 Å². The lowest BCUT2D eigenvalue weighted by Gasteiger charge is -2.30. The van der Waals surface area contributed by atoms with Crippen molar-refractivity contribution in [1.82, 2.24) is 14.6 Å². The molecule has 0 radical (unpaired) electrons. The second kappa shape index (κ2) is 21.2. The van der Waals surface area contributed by atoms with E-state index in [1.165, 1.54) is 103 Å². The fraction of sp³-hybridized carbons (Fsp3) is 0.690. The lowest BCUT2D eigenvalue weighted by molar-refractivity contribution is -0.164. The molecule has 0 amide bonds. The molecule has 11 nitrogen and oxygen atoms in total.